The van der Waals surface area contributed by atoms with E-state index in [0.29, 0.717) is 18.6 Å². The molecule has 0 aromatic carbocycles. The van der Waals surface area contributed by atoms with Gasteiger partial charge in [-0.15, -0.1) is 0 Å². The molecule has 1 aliphatic heterocycles. The molecule has 5 aliphatic rings. The van der Waals surface area contributed by atoms with E-state index in [1.165, 1.54) is 6.92 Å². The largest absolute Gasteiger partial charge is 0.453 e. The molecule has 6 nitrogen and oxygen atoms in total. The van der Waals surface area contributed by atoms with Crippen LogP contribution in [0.1, 0.15) is 52.4 Å². The monoisotopic (exact) mass is 360 g/mol. The predicted molar refractivity (Wildman–Crippen MR) is 87.9 cm³/mol. The van der Waals surface area contributed by atoms with Crippen LogP contribution in [-0.2, 0) is 28.7 Å². The highest BCUT2D eigenvalue weighted by Gasteiger charge is 2.74. The molecule has 0 unspecified atom stereocenters. The maximum atomic E-state index is 13.3. The van der Waals surface area contributed by atoms with Gasteiger partial charge >= 0.3 is 5.97 Å². The van der Waals surface area contributed by atoms with Crippen molar-refractivity contribution in [1.82, 2.24) is 0 Å². The Morgan fingerprint density at radius 2 is 1.85 bits per heavy atom. The minimum Gasteiger partial charge on any atom is -0.453 e. The van der Waals surface area contributed by atoms with Gasteiger partial charge in [0.1, 0.15) is 5.78 Å². The van der Waals surface area contributed by atoms with Gasteiger partial charge in [-0.1, -0.05) is 6.92 Å². The molecule has 1 heterocycles. The van der Waals surface area contributed by atoms with E-state index in [2.05, 4.69) is 6.92 Å². The van der Waals surface area contributed by atoms with Gasteiger partial charge in [-0.05, 0) is 49.9 Å². The number of fused-ring (bicyclic) bond motifs is 5. The maximum Gasteiger partial charge on any atom is 0.303 e. The van der Waals surface area contributed by atoms with Crippen molar-refractivity contribution in [3.63, 3.8) is 0 Å². The molecule has 26 heavy (non-hydrogen) atoms. The molecule has 0 amide bonds. The zero-order chi connectivity index (χ0) is 18.4. The number of carbonyl (C=O) groups is 4. The molecule has 0 N–H and O–H groups in total. The molecule has 1 spiro atoms. The Hall–Kier alpha value is -1.56. The number of Topliss-reactive ketones (excluding diaryl/α,β-unsaturated/α-hetero) is 3. The van der Waals surface area contributed by atoms with E-state index in [1.54, 1.807) is 0 Å². The SMILES string of the molecule is CC(=O)O[C@H]1C(=O)[C@H]2O[C@H]2C(=O)[C@@]12CC[C@@H]1[C@@H]2CC[C@]2(C)C(=O)CC[C@@H]12. The van der Waals surface area contributed by atoms with Gasteiger partial charge in [-0.2, -0.15) is 0 Å². The fourth-order valence-corrected chi connectivity index (χ4v) is 6.98. The number of ether oxygens (including phenoxy) is 2. The van der Waals surface area contributed by atoms with Crippen LogP contribution in [0.15, 0.2) is 0 Å². The molecule has 1 saturated heterocycles. The van der Waals surface area contributed by atoms with Gasteiger partial charge in [0.05, 0.1) is 5.41 Å². The second kappa shape index (κ2) is 5.03. The summed E-state index contributed by atoms with van der Waals surface area (Å²) in [4.78, 5) is 50.3. The molecule has 0 bridgehead atoms. The van der Waals surface area contributed by atoms with Crippen molar-refractivity contribution in [1.29, 1.82) is 0 Å². The van der Waals surface area contributed by atoms with Crippen LogP contribution in [0.4, 0.5) is 0 Å². The number of esters is 1. The summed E-state index contributed by atoms with van der Waals surface area (Å²) >= 11 is 0. The number of carbonyl (C=O) groups excluding carboxylic acids is 4. The van der Waals surface area contributed by atoms with E-state index in [-0.39, 0.29) is 34.7 Å². The standard InChI is InChI=1S/C20H24O6/c1-9(21)25-18-14(23)15-16(26-15)17(24)20(18)8-5-10-11-3-4-13(22)19(11,2)7-6-12(10)20/h10-12,15-16,18H,3-8H2,1-2H3/t10-,11-,12-,15+,16+,18-,19-,20-/m0/s1. The summed E-state index contributed by atoms with van der Waals surface area (Å²) in [5.41, 5.74) is -1.23. The Labute approximate surface area is 152 Å². The van der Waals surface area contributed by atoms with Gasteiger partial charge in [-0.25, -0.2) is 0 Å². The molecule has 140 valence electrons. The van der Waals surface area contributed by atoms with E-state index in [4.69, 9.17) is 9.47 Å². The first kappa shape index (κ1) is 16.6. The van der Waals surface area contributed by atoms with E-state index >= 15 is 0 Å². The Bertz CT molecular complexity index is 743. The molecular formula is C20H24O6. The lowest BCUT2D eigenvalue weighted by molar-refractivity contribution is -0.173. The van der Waals surface area contributed by atoms with Crippen molar-refractivity contribution in [3.8, 4) is 0 Å². The molecule has 8 atom stereocenters. The third-order valence-electron chi connectivity index (χ3n) is 8.20. The van der Waals surface area contributed by atoms with Gasteiger partial charge in [-0.3, -0.25) is 19.2 Å². The first-order valence-electron chi connectivity index (χ1n) is 9.75. The number of rotatable bonds is 1. The third kappa shape index (κ3) is 1.81. The third-order valence-corrected chi connectivity index (χ3v) is 8.20. The highest BCUT2D eigenvalue weighted by Crippen LogP contribution is 2.66. The van der Waals surface area contributed by atoms with Gasteiger partial charge in [0.2, 0.25) is 5.78 Å². The van der Waals surface area contributed by atoms with Crippen molar-refractivity contribution in [2.24, 2.45) is 28.6 Å². The lowest BCUT2D eigenvalue weighted by atomic mass is 9.54. The molecule has 4 aliphatic carbocycles. The van der Waals surface area contributed by atoms with Gasteiger partial charge in [0.15, 0.2) is 24.1 Å². The van der Waals surface area contributed by atoms with Crippen LogP contribution in [0.3, 0.4) is 0 Å². The van der Waals surface area contributed by atoms with Crippen LogP contribution in [0.5, 0.6) is 0 Å². The van der Waals surface area contributed by atoms with E-state index in [1.807, 2.05) is 0 Å². The summed E-state index contributed by atoms with van der Waals surface area (Å²) in [6, 6.07) is 0. The zero-order valence-electron chi connectivity index (χ0n) is 15.2. The van der Waals surface area contributed by atoms with Crippen molar-refractivity contribution >= 4 is 23.3 Å². The van der Waals surface area contributed by atoms with Crippen molar-refractivity contribution in [2.75, 3.05) is 0 Å². The number of ketones is 3. The summed E-state index contributed by atoms with van der Waals surface area (Å²) in [6.45, 7) is 3.36. The Balaban J connectivity index is 1.56. The van der Waals surface area contributed by atoms with E-state index < -0.39 is 29.7 Å². The minimum absolute atomic E-state index is 0.00238. The van der Waals surface area contributed by atoms with E-state index in [9.17, 15) is 19.2 Å². The minimum atomic E-state index is -1.02. The topological polar surface area (TPSA) is 90.0 Å². The molecule has 6 heteroatoms. The first-order valence-corrected chi connectivity index (χ1v) is 9.75. The van der Waals surface area contributed by atoms with Crippen molar-refractivity contribution in [2.45, 2.75) is 70.7 Å². The normalized spacial score (nSPS) is 51.8. The first-order chi connectivity index (χ1) is 12.3. The Morgan fingerprint density at radius 1 is 1.08 bits per heavy atom. The van der Waals surface area contributed by atoms with Crippen LogP contribution < -0.4 is 0 Å². The highest BCUT2D eigenvalue weighted by atomic mass is 16.6. The quantitative estimate of drug-likeness (QED) is 0.521. The number of hydrogen-bond acceptors (Lipinski definition) is 6. The number of epoxide rings is 1. The summed E-state index contributed by atoms with van der Waals surface area (Å²) < 4.78 is 10.8. The average Bonchev–Trinajstić information content (AvgIpc) is 3.23. The molecule has 0 aromatic heterocycles. The summed E-state index contributed by atoms with van der Waals surface area (Å²) in [7, 11) is 0. The maximum absolute atomic E-state index is 13.3. The second-order valence-electron chi connectivity index (χ2n) is 9.11. The molecule has 5 fully saturated rings. The molecule has 0 radical (unpaired) electrons. The molecule has 5 rings (SSSR count). The van der Waals surface area contributed by atoms with Gasteiger partial charge < -0.3 is 9.47 Å². The van der Waals surface area contributed by atoms with Crippen LogP contribution in [0.25, 0.3) is 0 Å². The van der Waals surface area contributed by atoms with Crippen LogP contribution in [0.2, 0.25) is 0 Å². The van der Waals surface area contributed by atoms with Gasteiger partial charge in [0.25, 0.3) is 0 Å². The summed E-state index contributed by atoms with van der Waals surface area (Å²) in [5.74, 6) is 0.0227. The van der Waals surface area contributed by atoms with Crippen LogP contribution in [0, 0.1) is 28.6 Å². The van der Waals surface area contributed by atoms with Crippen molar-refractivity contribution < 1.29 is 28.7 Å². The Morgan fingerprint density at radius 3 is 2.58 bits per heavy atom. The molecular weight excluding hydrogens is 336 g/mol. The molecule has 0 aromatic rings. The number of hydrogen-bond donors (Lipinski definition) is 0. The summed E-state index contributed by atoms with van der Waals surface area (Å²) in [6.07, 6.45) is 1.95. The predicted octanol–water partition coefficient (Wildman–Crippen LogP) is 1.63. The van der Waals surface area contributed by atoms with E-state index in [0.717, 1.165) is 25.7 Å². The lowest BCUT2D eigenvalue weighted by Gasteiger charge is -2.49. The van der Waals surface area contributed by atoms with Crippen LogP contribution >= 0.6 is 0 Å². The van der Waals surface area contributed by atoms with Crippen LogP contribution in [-0.4, -0.2) is 41.6 Å². The average molecular weight is 360 g/mol. The smallest absolute Gasteiger partial charge is 0.303 e. The lowest BCUT2D eigenvalue weighted by Crippen LogP contribution is -2.59. The summed E-state index contributed by atoms with van der Waals surface area (Å²) in [5, 5.41) is 0. The zero-order valence-corrected chi connectivity index (χ0v) is 15.2. The van der Waals surface area contributed by atoms with Gasteiger partial charge in [0, 0.05) is 18.8 Å². The highest BCUT2D eigenvalue weighted by molar-refractivity contribution is 6.10. The second-order valence-corrected chi connectivity index (χ2v) is 9.11. The van der Waals surface area contributed by atoms with Crippen molar-refractivity contribution in [3.05, 3.63) is 0 Å². The fourth-order valence-electron chi connectivity index (χ4n) is 6.98. The Kier molecular flexibility index (Phi) is 3.21. The molecule has 4 saturated carbocycles. The fraction of sp³-hybridized carbons (Fsp3) is 0.800.